The van der Waals surface area contributed by atoms with Gasteiger partial charge in [-0.1, -0.05) is 0 Å². The summed E-state index contributed by atoms with van der Waals surface area (Å²) in [5, 5.41) is 11.5. The normalized spacial score (nSPS) is 23.5. The quantitative estimate of drug-likeness (QED) is 0.732. The average Bonchev–Trinajstić information content (AvgIpc) is 3.06. The molecule has 1 aromatic carbocycles. The fourth-order valence-electron chi connectivity index (χ4n) is 3.81. The van der Waals surface area contributed by atoms with Gasteiger partial charge >= 0.3 is 0 Å². The largest absolute Gasteiger partial charge is 0.396 e. The van der Waals surface area contributed by atoms with E-state index < -0.39 is 23.8 Å². The second-order valence-electron chi connectivity index (χ2n) is 6.57. The van der Waals surface area contributed by atoms with E-state index in [1.807, 2.05) is 0 Å². The van der Waals surface area contributed by atoms with E-state index in [1.165, 1.54) is 0 Å². The Bertz CT molecular complexity index is 755. The number of hydrogen-bond acceptors (Lipinski definition) is 5. The Hall–Kier alpha value is -2.54. The molecule has 1 aliphatic carbocycles. The van der Waals surface area contributed by atoms with Crippen molar-refractivity contribution in [2.75, 3.05) is 6.61 Å². The average molecular weight is 328 g/mol. The Morgan fingerprint density at radius 3 is 2.12 bits per heavy atom. The van der Waals surface area contributed by atoms with Crippen molar-refractivity contribution in [2.24, 2.45) is 5.92 Å². The number of carbonyl (C=O) groups excluding carboxylic acids is 4. The summed E-state index contributed by atoms with van der Waals surface area (Å²) in [6, 6.07) is 2.49. The number of fused-ring (bicyclic) bond motifs is 2. The number of benzene rings is 1. The number of imide groups is 2. The highest BCUT2D eigenvalue weighted by atomic mass is 16.3. The summed E-state index contributed by atoms with van der Waals surface area (Å²) in [5.41, 5.74) is 2.56. The first kappa shape index (κ1) is 15.0. The molecule has 24 heavy (non-hydrogen) atoms. The van der Waals surface area contributed by atoms with Gasteiger partial charge in [-0.2, -0.15) is 0 Å². The fourth-order valence-corrected chi connectivity index (χ4v) is 3.81. The molecule has 1 fully saturated rings. The molecule has 1 atom stereocenters. The standard InChI is InChI=1S/C17H16N2O5/c20-7-8-3-9-5-11-12(6-10(9)4-8)17(24)19(16(11)23)13-1-2-14(21)18-15(13)22/h5-6,8,13,20H,1-4,7H2,(H,18,21,22). The molecule has 2 heterocycles. The second-order valence-corrected chi connectivity index (χ2v) is 6.57. The van der Waals surface area contributed by atoms with Crippen LogP contribution in [0.15, 0.2) is 12.1 Å². The molecule has 7 heteroatoms. The topological polar surface area (TPSA) is 104 Å². The SMILES string of the molecule is O=C1CCC(N2C(=O)c3cc4c(cc3C2=O)CC(CO)C4)C(=O)N1. The van der Waals surface area contributed by atoms with Crippen molar-refractivity contribution in [3.8, 4) is 0 Å². The van der Waals surface area contributed by atoms with Crippen LogP contribution in [0.5, 0.6) is 0 Å². The molecule has 0 bridgehead atoms. The maximum absolute atomic E-state index is 12.7. The molecular formula is C17H16N2O5. The smallest absolute Gasteiger partial charge is 0.262 e. The lowest BCUT2D eigenvalue weighted by Crippen LogP contribution is -2.54. The minimum Gasteiger partial charge on any atom is -0.396 e. The van der Waals surface area contributed by atoms with Crippen LogP contribution in [-0.2, 0) is 22.4 Å². The summed E-state index contributed by atoms with van der Waals surface area (Å²) >= 11 is 0. The van der Waals surface area contributed by atoms with E-state index in [4.69, 9.17) is 0 Å². The van der Waals surface area contributed by atoms with Gasteiger partial charge in [-0.3, -0.25) is 29.4 Å². The Morgan fingerprint density at radius 1 is 1.04 bits per heavy atom. The first-order valence-corrected chi connectivity index (χ1v) is 7.98. The minimum atomic E-state index is -0.935. The molecule has 1 saturated heterocycles. The van der Waals surface area contributed by atoms with Gasteiger partial charge in [-0.25, -0.2) is 0 Å². The summed E-state index contributed by atoms with van der Waals surface area (Å²) in [6.45, 7) is 0.0731. The Balaban J connectivity index is 1.68. The van der Waals surface area contributed by atoms with Gasteiger partial charge in [0.2, 0.25) is 11.8 Å². The molecule has 1 unspecified atom stereocenters. The van der Waals surface area contributed by atoms with Crippen LogP contribution in [0, 0.1) is 5.92 Å². The minimum absolute atomic E-state index is 0.0731. The van der Waals surface area contributed by atoms with E-state index in [0.29, 0.717) is 24.0 Å². The zero-order valence-electron chi connectivity index (χ0n) is 12.9. The molecule has 4 amide bonds. The van der Waals surface area contributed by atoms with Crippen LogP contribution in [0.1, 0.15) is 44.7 Å². The lowest BCUT2D eigenvalue weighted by atomic mass is 10.0. The fraction of sp³-hybridized carbons (Fsp3) is 0.412. The van der Waals surface area contributed by atoms with Crippen LogP contribution >= 0.6 is 0 Å². The van der Waals surface area contributed by atoms with Crippen molar-refractivity contribution >= 4 is 23.6 Å². The highest BCUT2D eigenvalue weighted by Gasteiger charge is 2.45. The van der Waals surface area contributed by atoms with Crippen LogP contribution in [0.4, 0.5) is 0 Å². The van der Waals surface area contributed by atoms with Gasteiger partial charge in [0, 0.05) is 13.0 Å². The number of amides is 4. The van der Waals surface area contributed by atoms with E-state index in [-0.39, 0.29) is 31.3 Å². The van der Waals surface area contributed by atoms with Crippen LogP contribution in [0.25, 0.3) is 0 Å². The number of piperidine rings is 1. The summed E-state index contributed by atoms with van der Waals surface area (Å²) in [5.74, 6) is -1.84. The van der Waals surface area contributed by atoms with Gasteiger partial charge in [-0.15, -0.1) is 0 Å². The van der Waals surface area contributed by atoms with Crippen LogP contribution in [0.2, 0.25) is 0 Å². The molecule has 1 aromatic rings. The lowest BCUT2D eigenvalue weighted by Gasteiger charge is -2.27. The Kier molecular flexibility index (Phi) is 3.28. The number of aliphatic hydroxyl groups is 1. The van der Waals surface area contributed by atoms with E-state index in [0.717, 1.165) is 16.0 Å². The predicted molar refractivity (Wildman–Crippen MR) is 81.1 cm³/mol. The predicted octanol–water partition coefficient (Wildman–Crippen LogP) is -0.205. The molecule has 4 rings (SSSR count). The summed E-state index contributed by atoms with van der Waals surface area (Å²) < 4.78 is 0. The summed E-state index contributed by atoms with van der Waals surface area (Å²) in [6.07, 6.45) is 1.62. The van der Waals surface area contributed by atoms with Gasteiger partial charge in [0.25, 0.3) is 11.8 Å². The Morgan fingerprint density at radius 2 is 1.62 bits per heavy atom. The number of hydrogen-bond donors (Lipinski definition) is 2. The second kappa shape index (κ2) is 5.24. The summed E-state index contributed by atoms with van der Waals surface area (Å²) in [7, 11) is 0. The van der Waals surface area contributed by atoms with E-state index in [9.17, 15) is 24.3 Å². The molecule has 0 aromatic heterocycles. The van der Waals surface area contributed by atoms with Crippen LogP contribution in [-0.4, -0.2) is 46.3 Å². The van der Waals surface area contributed by atoms with E-state index in [2.05, 4.69) is 5.32 Å². The van der Waals surface area contributed by atoms with Gasteiger partial charge < -0.3 is 5.11 Å². The third-order valence-corrected chi connectivity index (χ3v) is 5.04. The number of rotatable bonds is 2. The zero-order chi connectivity index (χ0) is 17.0. The van der Waals surface area contributed by atoms with Crippen molar-refractivity contribution in [1.82, 2.24) is 10.2 Å². The van der Waals surface area contributed by atoms with Gasteiger partial charge in [0.05, 0.1) is 11.1 Å². The van der Waals surface area contributed by atoms with Crippen molar-refractivity contribution in [3.05, 3.63) is 34.4 Å². The monoisotopic (exact) mass is 328 g/mol. The van der Waals surface area contributed by atoms with Crippen molar-refractivity contribution in [3.63, 3.8) is 0 Å². The van der Waals surface area contributed by atoms with E-state index in [1.54, 1.807) is 12.1 Å². The highest BCUT2D eigenvalue weighted by Crippen LogP contribution is 2.34. The lowest BCUT2D eigenvalue weighted by molar-refractivity contribution is -0.136. The molecule has 2 aliphatic heterocycles. The molecule has 7 nitrogen and oxygen atoms in total. The van der Waals surface area contributed by atoms with Crippen molar-refractivity contribution in [2.45, 2.75) is 31.7 Å². The van der Waals surface area contributed by atoms with Gasteiger partial charge in [-0.05, 0) is 48.4 Å². The first-order valence-electron chi connectivity index (χ1n) is 7.98. The summed E-state index contributed by atoms with van der Waals surface area (Å²) in [4.78, 5) is 49.6. The number of carbonyl (C=O) groups is 4. The molecule has 0 radical (unpaired) electrons. The van der Waals surface area contributed by atoms with Crippen molar-refractivity contribution in [1.29, 1.82) is 0 Å². The molecule has 0 saturated carbocycles. The van der Waals surface area contributed by atoms with Crippen LogP contribution in [0.3, 0.4) is 0 Å². The third kappa shape index (κ3) is 2.08. The molecule has 0 spiro atoms. The molecule has 3 aliphatic rings. The van der Waals surface area contributed by atoms with Gasteiger partial charge in [0.15, 0.2) is 0 Å². The molecule has 124 valence electrons. The van der Waals surface area contributed by atoms with Gasteiger partial charge in [0.1, 0.15) is 6.04 Å². The maximum Gasteiger partial charge on any atom is 0.262 e. The first-order chi connectivity index (χ1) is 11.5. The number of aliphatic hydroxyl groups excluding tert-OH is 1. The number of nitrogens with zero attached hydrogens (tertiary/aromatic N) is 1. The van der Waals surface area contributed by atoms with Crippen LogP contribution < -0.4 is 5.32 Å². The molecular weight excluding hydrogens is 312 g/mol. The number of nitrogens with one attached hydrogen (secondary N) is 1. The third-order valence-electron chi connectivity index (χ3n) is 5.04. The Labute approximate surface area is 137 Å². The van der Waals surface area contributed by atoms with Crippen molar-refractivity contribution < 1.29 is 24.3 Å². The maximum atomic E-state index is 12.7. The van der Waals surface area contributed by atoms with E-state index >= 15 is 0 Å². The molecule has 2 N–H and O–H groups in total. The highest BCUT2D eigenvalue weighted by molar-refractivity contribution is 6.23. The zero-order valence-corrected chi connectivity index (χ0v) is 12.9.